The van der Waals surface area contributed by atoms with Crippen molar-refractivity contribution in [2.45, 2.75) is 6.92 Å². The predicted octanol–water partition coefficient (Wildman–Crippen LogP) is 5.59. The number of nitrogens with zero attached hydrogens (tertiary/aromatic N) is 2. The van der Waals surface area contributed by atoms with Crippen molar-refractivity contribution >= 4 is 23.2 Å². The molecule has 30 heavy (non-hydrogen) atoms. The van der Waals surface area contributed by atoms with E-state index in [0.717, 1.165) is 11.1 Å². The lowest BCUT2D eigenvalue weighted by molar-refractivity contribution is 0.102. The van der Waals surface area contributed by atoms with E-state index in [1.807, 2.05) is 31.2 Å². The van der Waals surface area contributed by atoms with Crippen LogP contribution in [0.5, 0.6) is 0 Å². The number of rotatable bonds is 5. The van der Waals surface area contributed by atoms with Gasteiger partial charge in [-0.3, -0.25) is 4.79 Å². The highest BCUT2D eigenvalue weighted by molar-refractivity contribution is 6.04. The van der Waals surface area contributed by atoms with Crippen molar-refractivity contribution in [3.63, 3.8) is 0 Å². The monoisotopic (exact) mass is 398 g/mol. The molecule has 0 atom stereocenters. The predicted molar refractivity (Wildman–Crippen MR) is 116 cm³/mol. The van der Waals surface area contributed by atoms with Crippen molar-refractivity contribution < 1.29 is 9.18 Å². The average molecular weight is 398 g/mol. The maximum Gasteiger partial charge on any atom is 0.255 e. The van der Waals surface area contributed by atoms with Gasteiger partial charge in [0.1, 0.15) is 5.82 Å². The number of hydrogen-bond donors (Lipinski definition) is 2. The topological polar surface area (TPSA) is 66.9 Å². The van der Waals surface area contributed by atoms with Crippen molar-refractivity contribution in [3.8, 4) is 11.1 Å². The largest absolute Gasteiger partial charge is 0.324 e. The quantitative estimate of drug-likeness (QED) is 0.460. The van der Waals surface area contributed by atoms with E-state index >= 15 is 0 Å². The summed E-state index contributed by atoms with van der Waals surface area (Å²) in [7, 11) is 0. The van der Waals surface area contributed by atoms with E-state index in [4.69, 9.17) is 0 Å². The number of aryl methyl sites for hydroxylation is 1. The fourth-order valence-electron chi connectivity index (χ4n) is 2.97. The number of anilines is 3. The van der Waals surface area contributed by atoms with E-state index in [0.29, 0.717) is 22.9 Å². The van der Waals surface area contributed by atoms with Gasteiger partial charge in [0.15, 0.2) is 0 Å². The van der Waals surface area contributed by atoms with E-state index < -0.39 is 0 Å². The van der Waals surface area contributed by atoms with Crippen molar-refractivity contribution in [3.05, 3.63) is 102 Å². The lowest BCUT2D eigenvalue weighted by atomic mass is 10.1. The number of halogens is 1. The zero-order valence-corrected chi connectivity index (χ0v) is 16.3. The first-order chi connectivity index (χ1) is 14.6. The van der Waals surface area contributed by atoms with Crippen LogP contribution in [0.4, 0.5) is 21.7 Å². The molecule has 0 saturated heterocycles. The van der Waals surface area contributed by atoms with Crippen LogP contribution in [0.2, 0.25) is 0 Å². The van der Waals surface area contributed by atoms with Gasteiger partial charge in [-0.1, -0.05) is 35.9 Å². The maximum absolute atomic E-state index is 13.0. The zero-order chi connectivity index (χ0) is 20.9. The van der Waals surface area contributed by atoms with Crippen LogP contribution in [0, 0.1) is 12.7 Å². The fourth-order valence-corrected chi connectivity index (χ4v) is 2.97. The van der Waals surface area contributed by atoms with Crippen LogP contribution in [0.25, 0.3) is 11.1 Å². The number of aromatic nitrogens is 2. The summed E-state index contributed by atoms with van der Waals surface area (Å²) in [6.07, 6.45) is 3.52. The van der Waals surface area contributed by atoms with Crippen LogP contribution in [-0.4, -0.2) is 15.9 Å². The van der Waals surface area contributed by atoms with Crippen molar-refractivity contribution in [1.82, 2.24) is 9.97 Å². The molecule has 1 heterocycles. The molecule has 0 radical (unpaired) electrons. The Morgan fingerprint density at radius 1 is 0.833 bits per heavy atom. The van der Waals surface area contributed by atoms with E-state index in [1.54, 1.807) is 30.6 Å². The molecule has 0 aliphatic rings. The molecule has 148 valence electrons. The maximum atomic E-state index is 13.0. The van der Waals surface area contributed by atoms with Gasteiger partial charge in [-0.2, -0.15) is 0 Å². The Kier molecular flexibility index (Phi) is 5.48. The first-order valence-corrected chi connectivity index (χ1v) is 9.40. The molecule has 3 aromatic carbocycles. The summed E-state index contributed by atoms with van der Waals surface area (Å²) < 4.78 is 13.0. The smallest absolute Gasteiger partial charge is 0.255 e. The third-order valence-electron chi connectivity index (χ3n) is 4.49. The lowest BCUT2D eigenvalue weighted by Gasteiger charge is -2.09. The minimum absolute atomic E-state index is 0.291. The van der Waals surface area contributed by atoms with Gasteiger partial charge in [-0.05, 0) is 55.0 Å². The number of carbonyl (C=O) groups is 1. The summed E-state index contributed by atoms with van der Waals surface area (Å²) in [6, 6.07) is 20.8. The highest BCUT2D eigenvalue weighted by Gasteiger charge is 2.08. The molecule has 0 aliphatic heterocycles. The van der Waals surface area contributed by atoms with Crippen LogP contribution in [0.1, 0.15) is 15.9 Å². The summed E-state index contributed by atoms with van der Waals surface area (Å²) in [6.45, 7) is 2.04. The number of hydrogen-bond acceptors (Lipinski definition) is 4. The summed E-state index contributed by atoms with van der Waals surface area (Å²) in [4.78, 5) is 21.2. The molecule has 0 aliphatic carbocycles. The fraction of sp³-hybridized carbons (Fsp3) is 0.0417. The summed E-state index contributed by atoms with van der Waals surface area (Å²) in [5.41, 5.74) is 4.82. The number of nitrogens with one attached hydrogen (secondary N) is 2. The standard InChI is InChI=1S/C24H19FN4O/c1-16-4-2-5-17(12-16)19-14-26-24(27-15-19)29-22-7-3-6-18(13-22)23(30)28-21-10-8-20(25)9-11-21/h2-15H,1H3,(H,28,30)(H,26,27,29). The highest BCUT2D eigenvalue weighted by atomic mass is 19.1. The second kappa shape index (κ2) is 8.53. The van der Waals surface area contributed by atoms with Gasteiger partial charge in [0.25, 0.3) is 5.91 Å². The Balaban J connectivity index is 1.46. The third-order valence-corrected chi connectivity index (χ3v) is 4.49. The Bertz CT molecular complexity index is 1170. The summed E-state index contributed by atoms with van der Waals surface area (Å²) in [5.74, 6) is -0.212. The average Bonchev–Trinajstić information content (AvgIpc) is 2.76. The molecular weight excluding hydrogens is 379 g/mol. The highest BCUT2D eigenvalue weighted by Crippen LogP contribution is 2.21. The van der Waals surface area contributed by atoms with E-state index in [-0.39, 0.29) is 11.7 Å². The van der Waals surface area contributed by atoms with Crippen LogP contribution < -0.4 is 10.6 Å². The van der Waals surface area contributed by atoms with Gasteiger partial charge >= 0.3 is 0 Å². The van der Waals surface area contributed by atoms with E-state index in [9.17, 15) is 9.18 Å². The number of carbonyl (C=O) groups excluding carboxylic acids is 1. The molecule has 0 unspecified atom stereocenters. The van der Waals surface area contributed by atoms with Gasteiger partial charge in [0.2, 0.25) is 5.95 Å². The third kappa shape index (κ3) is 4.67. The van der Waals surface area contributed by atoms with Crippen LogP contribution >= 0.6 is 0 Å². The molecular formula is C24H19FN4O. The molecule has 2 N–H and O–H groups in total. The number of amides is 1. The molecule has 1 aromatic heterocycles. The van der Waals surface area contributed by atoms with Crippen molar-refractivity contribution in [1.29, 1.82) is 0 Å². The van der Waals surface area contributed by atoms with Crippen molar-refractivity contribution in [2.75, 3.05) is 10.6 Å². The Morgan fingerprint density at radius 3 is 2.30 bits per heavy atom. The molecule has 4 rings (SSSR count). The second-order valence-electron chi connectivity index (χ2n) is 6.83. The van der Waals surface area contributed by atoms with Crippen LogP contribution in [0.3, 0.4) is 0 Å². The van der Waals surface area contributed by atoms with Gasteiger partial charge in [0.05, 0.1) is 0 Å². The van der Waals surface area contributed by atoms with Crippen LogP contribution in [0.15, 0.2) is 85.2 Å². The van der Waals surface area contributed by atoms with Gasteiger partial charge in [-0.25, -0.2) is 14.4 Å². The Morgan fingerprint density at radius 2 is 1.57 bits per heavy atom. The molecule has 0 spiro atoms. The zero-order valence-electron chi connectivity index (χ0n) is 16.3. The van der Waals surface area contributed by atoms with Gasteiger partial charge < -0.3 is 10.6 Å². The Hall–Kier alpha value is -4.06. The van der Waals surface area contributed by atoms with Crippen LogP contribution in [-0.2, 0) is 0 Å². The molecule has 6 heteroatoms. The second-order valence-corrected chi connectivity index (χ2v) is 6.83. The lowest BCUT2D eigenvalue weighted by Crippen LogP contribution is -2.12. The molecule has 5 nitrogen and oxygen atoms in total. The minimum atomic E-state index is -0.354. The Labute approximate surface area is 173 Å². The van der Waals surface area contributed by atoms with Crippen molar-refractivity contribution in [2.24, 2.45) is 0 Å². The molecule has 0 saturated carbocycles. The van der Waals surface area contributed by atoms with Gasteiger partial charge in [0, 0.05) is 34.9 Å². The summed E-state index contributed by atoms with van der Waals surface area (Å²) in [5, 5.41) is 5.85. The van der Waals surface area contributed by atoms with E-state index in [2.05, 4.69) is 26.7 Å². The molecule has 1 amide bonds. The first kappa shape index (κ1) is 19.3. The first-order valence-electron chi connectivity index (χ1n) is 9.40. The molecule has 0 bridgehead atoms. The number of benzene rings is 3. The van der Waals surface area contributed by atoms with E-state index in [1.165, 1.54) is 29.8 Å². The SMILES string of the molecule is Cc1cccc(-c2cnc(Nc3cccc(C(=O)Nc4ccc(F)cc4)c3)nc2)c1. The van der Waals surface area contributed by atoms with Gasteiger partial charge in [-0.15, -0.1) is 0 Å². The summed E-state index contributed by atoms with van der Waals surface area (Å²) >= 11 is 0. The molecule has 0 fully saturated rings. The molecule has 4 aromatic rings. The normalized spacial score (nSPS) is 10.5. The minimum Gasteiger partial charge on any atom is -0.324 e.